The van der Waals surface area contributed by atoms with Crippen LogP contribution in [0.1, 0.15) is 17.3 Å². The number of hydrogen-bond acceptors (Lipinski definition) is 4. The van der Waals surface area contributed by atoms with Gasteiger partial charge in [-0.05, 0) is 42.1 Å². The molecule has 0 atom stereocenters. The molecular formula is C14H13BrN4O2. The molecule has 2 heterocycles. The highest BCUT2D eigenvalue weighted by Gasteiger charge is 2.14. The molecule has 6 nitrogen and oxygen atoms in total. The summed E-state index contributed by atoms with van der Waals surface area (Å²) in [5.41, 5.74) is 2.09. The molecule has 21 heavy (non-hydrogen) atoms. The third kappa shape index (κ3) is 2.92. The summed E-state index contributed by atoms with van der Waals surface area (Å²) in [6.45, 7) is 2.15. The molecular weight excluding hydrogens is 336 g/mol. The first-order valence-electron chi connectivity index (χ1n) is 6.29. The van der Waals surface area contributed by atoms with E-state index < -0.39 is 0 Å². The van der Waals surface area contributed by atoms with Crippen molar-refractivity contribution >= 4 is 11.6 Å². The quantitative estimate of drug-likeness (QED) is 0.413. The van der Waals surface area contributed by atoms with Gasteiger partial charge in [-0.2, -0.15) is 0 Å². The number of ether oxygens (including phenoxy) is 1. The fourth-order valence-corrected chi connectivity index (χ4v) is 1.92. The summed E-state index contributed by atoms with van der Waals surface area (Å²) in [4.78, 5) is 13.2. The minimum absolute atomic E-state index is 0. The number of carbonyl (C=O) groups excluding carboxylic acids is 1. The molecule has 0 unspecified atom stereocenters. The van der Waals surface area contributed by atoms with Gasteiger partial charge in [0.25, 0.3) is 0 Å². The van der Waals surface area contributed by atoms with Crippen LogP contribution in [0.25, 0.3) is 11.3 Å². The number of rotatable bonds is 3. The molecule has 0 amide bonds. The van der Waals surface area contributed by atoms with Gasteiger partial charge in [-0.15, -0.1) is 4.52 Å². The van der Waals surface area contributed by atoms with E-state index in [1.54, 1.807) is 36.0 Å². The van der Waals surface area contributed by atoms with Crippen molar-refractivity contribution in [2.45, 2.75) is 6.92 Å². The lowest BCUT2D eigenvalue weighted by atomic mass is 10.2. The fraction of sp³-hybridized carbons (Fsp3) is 0.143. The Morgan fingerprint density at radius 2 is 2.00 bits per heavy atom. The number of fused-ring (bicyclic) bond motifs is 1. The second-order valence-electron chi connectivity index (χ2n) is 4.15. The average molecular weight is 349 g/mol. The first kappa shape index (κ1) is 15.1. The van der Waals surface area contributed by atoms with Crippen LogP contribution in [0, 0.1) is 0 Å². The third-order valence-corrected chi connectivity index (χ3v) is 2.86. The van der Waals surface area contributed by atoms with Crippen LogP contribution in [0.5, 0.6) is 0 Å². The monoisotopic (exact) mass is 348 g/mol. The van der Waals surface area contributed by atoms with E-state index in [0.29, 0.717) is 12.2 Å². The van der Waals surface area contributed by atoms with Gasteiger partial charge in [-0.3, -0.25) is 0 Å². The zero-order valence-corrected chi connectivity index (χ0v) is 12.9. The molecule has 0 saturated heterocycles. The smallest absolute Gasteiger partial charge is 0.338 e. The van der Waals surface area contributed by atoms with Gasteiger partial charge in [0.1, 0.15) is 10.8 Å². The molecule has 0 spiro atoms. The minimum atomic E-state index is -0.324. The van der Waals surface area contributed by atoms with Crippen LogP contribution in [-0.4, -0.2) is 27.7 Å². The highest BCUT2D eigenvalue weighted by Crippen LogP contribution is 2.08. The van der Waals surface area contributed by atoms with Gasteiger partial charge in [-0.1, -0.05) is 6.07 Å². The van der Waals surface area contributed by atoms with Crippen LogP contribution in [0.15, 0.2) is 48.7 Å². The van der Waals surface area contributed by atoms with E-state index >= 15 is 0 Å². The third-order valence-electron chi connectivity index (χ3n) is 2.86. The van der Waals surface area contributed by atoms with E-state index in [-0.39, 0.29) is 23.0 Å². The van der Waals surface area contributed by atoms with Crippen molar-refractivity contribution in [3.8, 4) is 5.69 Å². The second-order valence-corrected chi connectivity index (χ2v) is 4.15. The van der Waals surface area contributed by atoms with Crippen LogP contribution in [0.3, 0.4) is 0 Å². The second kappa shape index (κ2) is 6.45. The summed E-state index contributed by atoms with van der Waals surface area (Å²) in [6, 6.07) is 12.7. The molecule has 0 bridgehead atoms. The molecule has 7 heteroatoms. The Morgan fingerprint density at radius 3 is 2.71 bits per heavy atom. The van der Waals surface area contributed by atoms with Crippen molar-refractivity contribution in [2.75, 3.05) is 6.61 Å². The summed E-state index contributed by atoms with van der Waals surface area (Å²) in [5.74, 6) is -0.324. The van der Waals surface area contributed by atoms with Crippen LogP contribution in [-0.2, 0) is 4.74 Å². The van der Waals surface area contributed by atoms with Gasteiger partial charge in [0.2, 0.25) is 0 Å². The van der Waals surface area contributed by atoms with Gasteiger partial charge in [0.15, 0.2) is 5.21 Å². The number of halogens is 1. The summed E-state index contributed by atoms with van der Waals surface area (Å²) < 4.78 is 6.77. The zero-order valence-electron chi connectivity index (χ0n) is 11.3. The predicted octanol–water partition coefficient (Wildman–Crippen LogP) is -1.81. The predicted molar refractivity (Wildman–Crippen MR) is 70.5 cm³/mol. The Morgan fingerprint density at radius 1 is 1.24 bits per heavy atom. The number of benzene rings is 1. The topological polar surface area (TPSA) is 61.1 Å². The summed E-state index contributed by atoms with van der Waals surface area (Å²) in [5, 5.41) is 8.16. The number of hydrogen-bond donors (Lipinski definition) is 0. The van der Waals surface area contributed by atoms with Crippen LogP contribution in [0.2, 0.25) is 0 Å². The number of tetrazole rings is 1. The van der Waals surface area contributed by atoms with E-state index in [1.165, 1.54) is 0 Å². The lowest BCUT2D eigenvalue weighted by Gasteiger charge is -2.02. The Labute approximate surface area is 131 Å². The maximum absolute atomic E-state index is 11.6. The van der Waals surface area contributed by atoms with Crippen molar-refractivity contribution in [3.63, 3.8) is 0 Å². The number of nitrogens with zero attached hydrogens (tertiary/aromatic N) is 4. The number of carbonyl (C=O) groups is 1. The molecule has 3 rings (SSSR count). The summed E-state index contributed by atoms with van der Waals surface area (Å²) in [7, 11) is 0. The van der Waals surface area contributed by atoms with Gasteiger partial charge in [0.05, 0.1) is 18.4 Å². The molecule has 3 aromatic rings. The Kier molecular flexibility index (Phi) is 4.64. The SMILES string of the molecule is CCOC(=O)c1ccc(-n2nnc3cccc[n+]32)cc1.[Br-]. The van der Waals surface area contributed by atoms with E-state index in [1.807, 2.05) is 28.9 Å². The fourth-order valence-electron chi connectivity index (χ4n) is 1.92. The Balaban J connectivity index is 0.00000161. The molecule has 0 N–H and O–H groups in total. The van der Waals surface area contributed by atoms with Crippen molar-refractivity contribution < 1.29 is 31.0 Å². The molecule has 0 saturated carbocycles. The van der Waals surface area contributed by atoms with Crippen molar-refractivity contribution in [2.24, 2.45) is 0 Å². The molecule has 108 valence electrons. The normalized spacial score (nSPS) is 10.1. The van der Waals surface area contributed by atoms with Crippen LogP contribution >= 0.6 is 0 Å². The number of pyridine rings is 1. The molecule has 1 aromatic carbocycles. The zero-order chi connectivity index (χ0) is 13.9. The largest absolute Gasteiger partial charge is 1.00 e. The molecule has 0 fully saturated rings. The Hall–Kier alpha value is -2.28. The van der Waals surface area contributed by atoms with Gasteiger partial charge in [-0.25, -0.2) is 4.79 Å². The minimum Gasteiger partial charge on any atom is -1.00 e. The Bertz CT molecular complexity index is 755. The first-order valence-corrected chi connectivity index (χ1v) is 6.29. The molecule has 2 aromatic heterocycles. The maximum Gasteiger partial charge on any atom is 0.338 e. The maximum atomic E-state index is 11.6. The number of esters is 1. The van der Waals surface area contributed by atoms with Gasteiger partial charge < -0.3 is 21.7 Å². The van der Waals surface area contributed by atoms with E-state index in [0.717, 1.165) is 11.3 Å². The lowest BCUT2D eigenvalue weighted by Crippen LogP contribution is -3.00. The van der Waals surface area contributed by atoms with E-state index in [2.05, 4.69) is 10.3 Å². The lowest BCUT2D eigenvalue weighted by molar-refractivity contribution is -0.604. The van der Waals surface area contributed by atoms with Crippen LogP contribution < -0.4 is 21.5 Å². The molecule has 0 aliphatic carbocycles. The first-order chi connectivity index (χ1) is 9.79. The number of aromatic nitrogens is 4. The van der Waals surface area contributed by atoms with E-state index in [9.17, 15) is 4.79 Å². The highest BCUT2D eigenvalue weighted by molar-refractivity contribution is 5.89. The highest BCUT2D eigenvalue weighted by atomic mass is 79.9. The van der Waals surface area contributed by atoms with E-state index in [4.69, 9.17) is 4.74 Å². The van der Waals surface area contributed by atoms with Crippen molar-refractivity contribution in [3.05, 3.63) is 54.2 Å². The van der Waals surface area contributed by atoms with Crippen LogP contribution in [0.4, 0.5) is 0 Å². The van der Waals surface area contributed by atoms with Crippen molar-refractivity contribution in [1.82, 2.24) is 15.1 Å². The molecule has 0 aliphatic heterocycles. The van der Waals surface area contributed by atoms with Gasteiger partial charge >= 0.3 is 11.6 Å². The standard InChI is InChI=1S/C14H13N4O2.BrH/c1-2-20-14(19)11-6-8-12(9-7-11)18-16-15-13-5-3-4-10-17(13)18;/h3-10H,2H2,1H3;1H/q+1;/p-1. The molecule has 0 radical (unpaired) electrons. The summed E-state index contributed by atoms with van der Waals surface area (Å²) in [6.07, 6.45) is 1.87. The van der Waals surface area contributed by atoms with Gasteiger partial charge in [0, 0.05) is 6.07 Å². The average Bonchev–Trinajstić information content (AvgIpc) is 2.92. The molecule has 0 aliphatic rings. The van der Waals surface area contributed by atoms with Crippen molar-refractivity contribution in [1.29, 1.82) is 0 Å². The summed E-state index contributed by atoms with van der Waals surface area (Å²) >= 11 is 0.